The Hall–Kier alpha value is -1.50. The molecule has 1 aromatic carbocycles. The van der Waals surface area contributed by atoms with E-state index in [0.29, 0.717) is 39.2 Å². The Morgan fingerprint density at radius 3 is 2.25 bits per heavy atom. The van der Waals surface area contributed by atoms with Crippen molar-refractivity contribution in [2.24, 2.45) is 0 Å². The van der Waals surface area contributed by atoms with Crippen LogP contribution >= 0.6 is 31.9 Å². The van der Waals surface area contributed by atoms with Gasteiger partial charge in [-0.25, -0.2) is 0 Å². The quantitative estimate of drug-likeness (QED) is 0.686. The van der Waals surface area contributed by atoms with E-state index in [0.717, 1.165) is 0 Å². The van der Waals surface area contributed by atoms with Gasteiger partial charge in [0.2, 0.25) is 0 Å². The molecule has 0 aromatic heterocycles. The maximum Gasteiger partial charge on any atom is 0.176 e. The van der Waals surface area contributed by atoms with Gasteiger partial charge < -0.3 is 9.47 Å². The highest BCUT2D eigenvalue weighted by Gasteiger charge is 2.16. The number of nitriles is 2. The summed E-state index contributed by atoms with van der Waals surface area (Å²) in [5, 5.41) is 17.7. The topological polar surface area (TPSA) is 66.0 Å². The maximum absolute atomic E-state index is 8.84. The van der Waals surface area contributed by atoms with Crippen molar-refractivity contribution < 1.29 is 9.47 Å². The molecule has 0 atom stereocenters. The highest BCUT2D eigenvalue weighted by Crippen LogP contribution is 2.43. The Labute approximate surface area is 134 Å². The first-order chi connectivity index (χ1) is 9.58. The molecular formula is C14H12Br2N2O2. The normalized spacial score (nSPS) is 9.30. The van der Waals surface area contributed by atoms with E-state index in [1.54, 1.807) is 6.07 Å². The second kappa shape index (κ2) is 7.94. The molecule has 0 amide bonds. The van der Waals surface area contributed by atoms with Gasteiger partial charge in [-0.3, -0.25) is 0 Å². The van der Waals surface area contributed by atoms with Crippen LogP contribution in [0.4, 0.5) is 0 Å². The molecule has 0 spiro atoms. The lowest BCUT2D eigenvalue weighted by atomic mass is 10.1. The number of hydrogen-bond acceptors (Lipinski definition) is 4. The van der Waals surface area contributed by atoms with Crippen molar-refractivity contribution in [3.8, 4) is 23.6 Å². The van der Waals surface area contributed by atoms with Crippen molar-refractivity contribution in [3.05, 3.63) is 26.1 Å². The second-order valence-corrected chi connectivity index (χ2v) is 5.15. The van der Waals surface area contributed by atoms with Crippen molar-refractivity contribution in [1.29, 1.82) is 10.5 Å². The lowest BCUT2D eigenvalue weighted by Gasteiger charge is -2.15. The van der Waals surface area contributed by atoms with E-state index in [1.807, 2.05) is 26.0 Å². The van der Waals surface area contributed by atoms with Gasteiger partial charge in [-0.15, -0.1) is 0 Å². The first-order valence-electron chi connectivity index (χ1n) is 5.88. The fraction of sp³-hybridized carbons (Fsp3) is 0.286. The van der Waals surface area contributed by atoms with E-state index < -0.39 is 0 Å². The van der Waals surface area contributed by atoms with E-state index in [1.165, 1.54) is 6.08 Å². The molecule has 0 N–H and O–H groups in total. The zero-order valence-electron chi connectivity index (χ0n) is 11.0. The van der Waals surface area contributed by atoms with Crippen LogP contribution in [0.15, 0.2) is 20.6 Å². The molecule has 104 valence electrons. The van der Waals surface area contributed by atoms with Crippen LogP contribution in [0.3, 0.4) is 0 Å². The zero-order valence-corrected chi connectivity index (χ0v) is 14.2. The molecule has 0 aliphatic heterocycles. The average molecular weight is 400 g/mol. The minimum absolute atomic E-state index is 0.0178. The SMILES string of the molecule is CCOc1cc(C=C(C#N)C#N)c(Br)c(Br)c1OCC. The summed E-state index contributed by atoms with van der Waals surface area (Å²) in [4.78, 5) is 0. The zero-order chi connectivity index (χ0) is 15.1. The first-order valence-corrected chi connectivity index (χ1v) is 7.47. The van der Waals surface area contributed by atoms with Gasteiger partial charge in [-0.05, 0) is 63.4 Å². The van der Waals surface area contributed by atoms with Gasteiger partial charge in [0.25, 0.3) is 0 Å². The van der Waals surface area contributed by atoms with Crippen LogP contribution < -0.4 is 9.47 Å². The molecule has 0 fully saturated rings. The summed E-state index contributed by atoms with van der Waals surface area (Å²) in [7, 11) is 0. The van der Waals surface area contributed by atoms with E-state index in [4.69, 9.17) is 20.0 Å². The lowest BCUT2D eigenvalue weighted by molar-refractivity contribution is 0.286. The summed E-state index contributed by atoms with van der Waals surface area (Å²) < 4.78 is 12.5. The Kier molecular flexibility index (Phi) is 6.57. The molecule has 0 saturated heterocycles. The fourth-order valence-electron chi connectivity index (χ4n) is 1.50. The molecule has 0 heterocycles. The van der Waals surface area contributed by atoms with Gasteiger partial charge in [-0.1, -0.05) is 0 Å². The Bertz CT molecular complexity index is 597. The van der Waals surface area contributed by atoms with Gasteiger partial charge in [0, 0.05) is 4.47 Å². The highest BCUT2D eigenvalue weighted by molar-refractivity contribution is 9.13. The third-order valence-corrected chi connectivity index (χ3v) is 4.43. The number of hydrogen-bond donors (Lipinski definition) is 0. The van der Waals surface area contributed by atoms with Crippen molar-refractivity contribution in [3.63, 3.8) is 0 Å². The summed E-state index contributed by atoms with van der Waals surface area (Å²) in [6.45, 7) is 4.74. The molecule has 0 aliphatic rings. The molecule has 0 radical (unpaired) electrons. The summed E-state index contributed by atoms with van der Waals surface area (Å²) in [6.07, 6.45) is 1.49. The van der Waals surface area contributed by atoms with E-state index in [-0.39, 0.29) is 5.57 Å². The minimum Gasteiger partial charge on any atom is -0.490 e. The molecule has 0 bridgehead atoms. The molecule has 0 saturated carbocycles. The summed E-state index contributed by atoms with van der Waals surface area (Å²) >= 11 is 6.87. The molecule has 1 aromatic rings. The number of allylic oxidation sites excluding steroid dienone is 1. The number of halogens is 2. The summed E-state index contributed by atoms with van der Waals surface area (Å²) in [5.41, 5.74) is 0.686. The standard InChI is InChI=1S/C14H12Br2N2O2/c1-3-19-11-6-10(5-9(7-17)8-18)12(15)13(16)14(11)20-4-2/h5-6H,3-4H2,1-2H3. The monoisotopic (exact) mass is 398 g/mol. The largest absolute Gasteiger partial charge is 0.490 e. The smallest absolute Gasteiger partial charge is 0.176 e. The van der Waals surface area contributed by atoms with E-state index in [2.05, 4.69) is 31.9 Å². The maximum atomic E-state index is 8.84. The molecular weight excluding hydrogens is 388 g/mol. The van der Waals surface area contributed by atoms with E-state index in [9.17, 15) is 0 Å². The van der Waals surface area contributed by atoms with E-state index >= 15 is 0 Å². The molecule has 1 rings (SSSR count). The van der Waals surface area contributed by atoms with Crippen LogP contribution in [0.1, 0.15) is 19.4 Å². The number of benzene rings is 1. The summed E-state index contributed by atoms with van der Waals surface area (Å²) in [6, 6.07) is 5.39. The van der Waals surface area contributed by atoms with Gasteiger partial charge in [0.15, 0.2) is 11.5 Å². The number of ether oxygens (including phenoxy) is 2. The number of rotatable bonds is 5. The predicted octanol–water partition coefficient (Wildman–Crippen LogP) is 4.44. The van der Waals surface area contributed by atoms with Crippen LogP contribution in [0.25, 0.3) is 6.08 Å². The Balaban J connectivity index is 3.46. The third-order valence-electron chi connectivity index (χ3n) is 2.29. The Morgan fingerprint density at radius 1 is 1.15 bits per heavy atom. The van der Waals surface area contributed by atoms with Crippen LogP contribution in [0.5, 0.6) is 11.5 Å². The second-order valence-electron chi connectivity index (χ2n) is 3.57. The molecule has 6 heteroatoms. The van der Waals surface area contributed by atoms with Crippen molar-refractivity contribution in [1.82, 2.24) is 0 Å². The number of nitrogens with zero attached hydrogens (tertiary/aromatic N) is 2. The van der Waals surface area contributed by atoms with Crippen LogP contribution in [-0.2, 0) is 0 Å². The third kappa shape index (κ3) is 3.75. The van der Waals surface area contributed by atoms with Crippen molar-refractivity contribution in [2.75, 3.05) is 13.2 Å². The fourth-order valence-corrected chi connectivity index (χ4v) is 2.44. The van der Waals surface area contributed by atoms with Crippen molar-refractivity contribution in [2.45, 2.75) is 13.8 Å². The van der Waals surface area contributed by atoms with Crippen LogP contribution in [0, 0.1) is 22.7 Å². The molecule has 4 nitrogen and oxygen atoms in total. The molecule has 0 aliphatic carbocycles. The van der Waals surface area contributed by atoms with Crippen LogP contribution in [-0.4, -0.2) is 13.2 Å². The highest BCUT2D eigenvalue weighted by atomic mass is 79.9. The van der Waals surface area contributed by atoms with Gasteiger partial charge in [-0.2, -0.15) is 10.5 Å². The Morgan fingerprint density at radius 2 is 1.75 bits per heavy atom. The van der Waals surface area contributed by atoms with Crippen LogP contribution in [0.2, 0.25) is 0 Å². The van der Waals surface area contributed by atoms with Gasteiger partial charge in [0.1, 0.15) is 17.7 Å². The minimum atomic E-state index is 0.0178. The first kappa shape index (κ1) is 16.6. The lowest BCUT2D eigenvalue weighted by Crippen LogP contribution is -2.00. The molecule has 20 heavy (non-hydrogen) atoms. The van der Waals surface area contributed by atoms with Gasteiger partial charge in [0.05, 0.1) is 17.7 Å². The molecule has 0 unspecified atom stereocenters. The van der Waals surface area contributed by atoms with Crippen molar-refractivity contribution >= 4 is 37.9 Å². The average Bonchev–Trinajstić information content (AvgIpc) is 2.45. The predicted molar refractivity (Wildman–Crippen MR) is 83.4 cm³/mol. The summed E-state index contributed by atoms with van der Waals surface area (Å²) in [5.74, 6) is 1.15. The van der Waals surface area contributed by atoms with Gasteiger partial charge >= 0.3 is 0 Å².